The summed E-state index contributed by atoms with van der Waals surface area (Å²) < 4.78 is 0. The standard InChI is InChI=1S/C16H12ClN3/c1-11-18-15(20-16(17)19-11)14-9-7-13(8-10-14)12-5-3-2-4-6-12/h2-10H,1H3. The van der Waals surface area contributed by atoms with Crippen LogP contribution < -0.4 is 0 Å². The molecule has 3 rings (SSSR count). The number of aryl methyl sites for hydroxylation is 1. The summed E-state index contributed by atoms with van der Waals surface area (Å²) in [5, 5.41) is 0.222. The van der Waals surface area contributed by atoms with Crippen LogP contribution >= 0.6 is 11.6 Å². The lowest BCUT2D eigenvalue weighted by Crippen LogP contribution is -1.96. The van der Waals surface area contributed by atoms with E-state index in [1.54, 1.807) is 6.92 Å². The van der Waals surface area contributed by atoms with Crippen molar-refractivity contribution in [2.75, 3.05) is 0 Å². The smallest absolute Gasteiger partial charge is 0.213 e. The van der Waals surface area contributed by atoms with Crippen LogP contribution in [0, 0.1) is 6.92 Å². The second-order valence-corrected chi connectivity index (χ2v) is 4.76. The van der Waals surface area contributed by atoms with Crippen LogP contribution in [0.15, 0.2) is 54.6 Å². The van der Waals surface area contributed by atoms with Crippen molar-refractivity contribution in [2.45, 2.75) is 6.92 Å². The zero-order valence-electron chi connectivity index (χ0n) is 10.9. The molecular weight excluding hydrogens is 270 g/mol. The van der Waals surface area contributed by atoms with E-state index in [0.717, 1.165) is 11.1 Å². The minimum Gasteiger partial charge on any atom is -0.213 e. The molecule has 0 bridgehead atoms. The first-order valence-corrected chi connectivity index (χ1v) is 6.64. The Morgan fingerprint density at radius 3 is 1.95 bits per heavy atom. The Hall–Kier alpha value is -2.26. The molecule has 3 nitrogen and oxygen atoms in total. The maximum Gasteiger partial charge on any atom is 0.226 e. The summed E-state index contributed by atoms with van der Waals surface area (Å²) in [6.45, 7) is 1.80. The second kappa shape index (κ2) is 5.39. The predicted octanol–water partition coefficient (Wildman–Crippen LogP) is 4.17. The third kappa shape index (κ3) is 2.68. The highest BCUT2D eigenvalue weighted by molar-refractivity contribution is 6.28. The quantitative estimate of drug-likeness (QED) is 0.708. The number of halogens is 1. The van der Waals surface area contributed by atoms with Gasteiger partial charge in [-0.15, -0.1) is 0 Å². The average molecular weight is 282 g/mol. The van der Waals surface area contributed by atoms with Crippen LogP contribution in [0.2, 0.25) is 5.28 Å². The molecule has 3 aromatic rings. The van der Waals surface area contributed by atoms with Gasteiger partial charge in [-0.3, -0.25) is 0 Å². The lowest BCUT2D eigenvalue weighted by Gasteiger charge is -2.04. The van der Waals surface area contributed by atoms with Gasteiger partial charge in [-0.2, -0.15) is 4.98 Å². The van der Waals surface area contributed by atoms with Gasteiger partial charge >= 0.3 is 0 Å². The van der Waals surface area contributed by atoms with Gasteiger partial charge in [0.05, 0.1) is 0 Å². The van der Waals surface area contributed by atoms with Crippen LogP contribution in [-0.2, 0) is 0 Å². The largest absolute Gasteiger partial charge is 0.226 e. The number of benzene rings is 2. The van der Waals surface area contributed by atoms with Gasteiger partial charge in [-0.25, -0.2) is 9.97 Å². The zero-order valence-corrected chi connectivity index (χ0v) is 11.7. The highest BCUT2D eigenvalue weighted by Crippen LogP contribution is 2.23. The van der Waals surface area contributed by atoms with Crippen molar-refractivity contribution in [1.29, 1.82) is 0 Å². The Labute approximate surface area is 122 Å². The van der Waals surface area contributed by atoms with Crippen LogP contribution in [0.1, 0.15) is 5.82 Å². The fourth-order valence-electron chi connectivity index (χ4n) is 2.02. The van der Waals surface area contributed by atoms with E-state index in [0.29, 0.717) is 11.6 Å². The van der Waals surface area contributed by atoms with Gasteiger partial charge in [0.2, 0.25) is 5.28 Å². The maximum absolute atomic E-state index is 5.86. The molecule has 1 heterocycles. The van der Waals surface area contributed by atoms with Crippen molar-refractivity contribution in [3.8, 4) is 22.5 Å². The average Bonchev–Trinajstić information content (AvgIpc) is 2.47. The van der Waals surface area contributed by atoms with E-state index < -0.39 is 0 Å². The maximum atomic E-state index is 5.86. The molecule has 4 heteroatoms. The first-order chi connectivity index (χ1) is 9.72. The van der Waals surface area contributed by atoms with E-state index in [2.05, 4.69) is 39.2 Å². The molecule has 0 amide bonds. The fraction of sp³-hybridized carbons (Fsp3) is 0.0625. The van der Waals surface area contributed by atoms with Crippen molar-refractivity contribution >= 4 is 11.6 Å². The Kier molecular flexibility index (Phi) is 3.44. The molecule has 1 aromatic heterocycles. The number of rotatable bonds is 2. The Balaban J connectivity index is 1.97. The SMILES string of the molecule is Cc1nc(Cl)nc(-c2ccc(-c3ccccc3)cc2)n1. The Morgan fingerprint density at radius 2 is 1.30 bits per heavy atom. The predicted molar refractivity (Wildman–Crippen MR) is 80.4 cm³/mol. The van der Waals surface area contributed by atoms with E-state index >= 15 is 0 Å². The van der Waals surface area contributed by atoms with Crippen molar-refractivity contribution in [2.24, 2.45) is 0 Å². The van der Waals surface area contributed by atoms with Crippen LogP contribution in [0.4, 0.5) is 0 Å². The third-order valence-electron chi connectivity index (χ3n) is 2.97. The topological polar surface area (TPSA) is 38.7 Å². The summed E-state index contributed by atoms with van der Waals surface area (Å²) in [6, 6.07) is 18.3. The highest BCUT2D eigenvalue weighted by atomic mass is 35.5. The highest BCUT2D eigenvalue weighted by Gasteiger charge is 2.05. The lowest BCUT2D eigenvalue weighted by atomic mass is 10.0. The first-order valence-electron chi connectivity index (χ1n) is 6.26. The Morgan fingerprint density at radius 1 is 0.700 bits per heavy atom. The summed E-state index contributed by atoms with van der Waals surface area (Å²) in [5.74, 6) is 1.22. The molecule has 98 valence electrons. The second-order valence-electron chi connectivity index (χ2n) is 4.42. The number of hydrogen-bond donors (Lipinski definition) is 0. The zero-order chi connectivity index (χ0) is 13.9. The molecule has 2 aromatic carbocycles. The number of nitrogens with zero attached hydrogens (tertiary/aromatic N) is 3. The molecule has 0 aliphatic heterocycles. The number of aromatic nitrogens is 3. The van der Waals surface area contributed by atoms with Gasteiger partial charge < -0.3 is 0 Å². The minimum absolute atomic E-state index is 0.222. The Bertz CT molecular complexity index is 704. The van der Waals surface area contributed by atoms with Gasteiger partial charge in [-0.1, -0.05) is 54.6 Å². The van der Waals surface area contributed by atoms with Gasteiger partial charge in [0, 0.05) is 5.56 Å². The molecule has 0 fully saturated rings. The molecule has 0 atom stereocenters. The molecule has 0 N–H and O–H groups in total. The van der Waals surface area contributed by atoms with E-state index in [1.165, 1.54) is 5.56 Å². The van der Waals surface area contributed by atoms with Crippen LogP contribution in [0.25, 0.3) is 22.5 Å². The number of hydrogen-bond acceptors (Lipinski definition) is 3. The van der Waals surface area contributed by atoms with Gasteiger partial charge in [0.15, 0.2) is 5.82 Å². The van der Waals surface area contributed by atoms with Gasteiger partial charge in [-0.05, 0) is 29.7 Å². The minimum atomic E-state index is 0.222. The molecule has 0 radical (unpaired) electrons. The summed E-state index contributed by atoms with van der Waals surface area (Å²) >= 11 is 5.86. The van der Waals surface area contributed by atoms with Gasteiger partial charge in [0.25, 0.3) is 0 Å². The van der Waals surface area contributed by atoms with Crippen molar-refractivity contribution < 1.29 is 0 Å². The summed E-state index contributed by atoms with van der Waals surface area (Å²) in [5.41, 5.74) is 3.27. The van der Waals surface area contributed by atoms with Crippen LogP contribution in [0.3, 0.4) is 0 Å². The molecule has 0 saturated carbocycles. The van der Waals surface area contributed by atoms with Crippen LogP contribution in [0.5, 0.6) is 0 Å². The summed E-state index contributed by atoms with van der Waals surface area (Å²) in [7, 11) is 0. The van der Waals surface area contributed by atoms with E-state index in [1.807, 2.05) is 30.3 Å². The molecule has 0 aliphatic rings. The fourth-order valence-corrected chi connectivity index (χ4v) is 2.22. The van der Waals surface area contributed by atoms with E-state index in [9.17, 15) is 0 Å². The third-order valence-corrected chi connectivity index (χ3v) is 3.14. The first kappa shape index (κ1) is 12.8. The van der Waals surface area contributed by atoms with Crippen molar-refractivity contribution in [1.82, 2.24) is 15.0 Å². The summed E-state index contributed by atoms with van der Waals surface area (Å²) in [4.78, 5) is 12.4. The lowest BCUT2D eigenvalue weighted by molar-refractivity contribution is 0.984. The van der Waals surface area contributed by atoms with Crippen molar-refractivity contribution in [3.63, 3.8) is 0 Å². The van der Waals surface area contributed by atoms with Crippen molar-refractivity contribution in [3.05, 3.63) is 65.7 Å². The molecule has 0 saturated heterocycles. The van der Waals surface area contributed by atoms with E-state index in [4.69, 9.17) is 11.6 Å². The normalized spacial score (nSPS) is 10.5. The summed E-state index contributed by atoms with van der Waals surface area (Å²) in [6.07, 6.45) is 0. The monoisotopic (exact) mass is 281 g/mol. The molecule has 20 heavy (non-hydrogen) atoms. The molecular formula is C16H12ClN3. The van der Waals surface area contributed by atoms with Crippen LogP contribution in [-0.4, -0.2) is 15.0 Å². The molecule has 0 unspecified atom stereocenters. The van der Waals surface area contributed by atoms with Gasteiger partial charge in [0.1, 0.15) is 5.82 Å². The van der Waals surface area contributed by atoms with E-state index in [-0.39, 0.29) is 5.28 Å². The molecule has 0 aliphatic carbocycles. The molecule has 0 spiro atoms.